The van der Waals surface area contributed by atoms with Crippen LogP contribution in [-0.4, -0.2) is 16.8 Å². The first kappa shape index (κ1) is 6.36. The maximum atomic E-state index is 8.91. The molecule has 0 aromatic heterocycles. The van der Waals surface area contributed by atoms with E-state index in [9.17, 15) is 0 Å². The molecule has 0 atom stereocenters. The summed E-state index contributed by atoms with van der Waals surface area (Å²) in [6.07, 6.45) is 3.57. The van der Waals surface area contributed by atoms with E-state index in [0.29, 0.717) is 6.54 Å². The second-order valence-corrected chi connectivity index (χ2v) is 2.38. The van der Waals surface area contributed by atoms with Crippen LogP contribution in [0, 0.1) is 0 Å². The van der Waals surface area contributed by atoms with Crippen LogP contribution in [0.15, 0.2) is 23.4 Å². The van der Waals surface area contributed by atoms with Crippen molar-refractivity contribution in [2.75, 3.05) is 6.54 Å². The molecule has 1 aliphatic rings. The van der Waals surface area contributed by atoms with E-state index in [2.05, 4.69) is 0 Å². The van der Waals surface area contributed by atoms with Gasteiger partial charge in [-0.3, -0.25) is 10.3 Å². The van der Waals surface area contributed by atoms with Gasteiger partial charge in [-0.15, -0.1) is 0 Å². The van der Waals surface area contributed by atoms with E-state index >= 15 is 0 Å². The summed E-state index contributed by atoms with van der Waals surface area (Å²) in [6, 6.07) is 0. The molecule has 1 rings (SSSR count). The zero-order valence-corrected chi connectivity index (χ0v) is 5.76. The van der Waals surface area contributed by atoms with Crippen LogP contribution in [0.5, 0.6) is 0 Å². The predicted molar refractivity (Wildman–Crippen MR) is 36.0 cm³/mol. The molecule has 0 aromatic rings. The Morgan fingerprint density at radius 1 is 1.56 bits per heavy atom. The molecular weight excluding hydrogens is 114 g/mol. The summed E-state index contributed by atoms with van der Waals surface area (Å²) < 4.78 is 0. The molecule has 2 heteroatoms. The number of hydrogen-bond donors (Lipinski definition) is 1. The third-order valence-corrected chi connectivity index (χ3v) is 1.57. The van der Waals surface area contributed by atoms with Gasteiger partial charge in [-0.25, -0.2) is 0 Å². The molecule has 50 valence electrons. The zero-order chi connectivity index (χ0) is 6.85. The van der Waals surface area contributed by atoms with Crippen molar-refractivity contribution in [2.24, 2.45) is 0 Å². The third kappa shape index (κ3) is 1.33. The summed E-state index contributed by atoms with van der Waals surface area (Å²) in [5, 5.41) is 10.1. The Morgan fingerprint density at radius 3 is 2.67 bits per heavy atom. The largest absolute Gasteiger partial charge is 0.289 e. The van der Waals surface area contributed by atoms with E-state index in [1.54, 1.807) is 6.20 Å². The standard InChI is InChI=1S/C7H11NO/c1-6-3-4-8(9)5-7(6)2/h3-4,9H,5H2,1-2H3. The summed E-state index contributed by atoms with van der Waals surface area (Å²) >= 11 is 0. The van der Waals surface area contributed by atoms with Crippen molar-refractivity contribution in [3.05, 3.63) is 23.4 Å². The highest BCUT2D eigenvalue weighted by Crippen LogP contribution is 2.11. The van der Waals surface area contributed by atoms with Gasteiger partial charge in [0, 0.05) is 6.20 Å². The van der Waals surface area contributed by atoms with Gasteiger partial charge in [0.05, 0.1) is 6.54 Å². The van der Waals surface area contributed by atoms with Crippen LogP contribution >= 0.6 is 0 Å². The van der Waals surface area contributed by atoms with Gasteiger partial charge in [0.25, 0.3) is 0 Å². The Bertz CT molecular complexity index is 170. The fraction of sp³-hybridized carbons (Fsp3) is 0.429. The van der Waals surface area contributed by atoms with Gasteiger partial charge >= 0.3 is 0 Å². The maximum absolute atomic E-state index is 8.91. The van der Waals surface area contributed by atoms with Crippen molar-refractivity contribution in [1.29, 1.82) is 0 Å². The van der Waals surface area contributed by atoms with Crippen LogP contribution < -0.4 is 0 Å². The molecule has 0 amide bonds. The molecule has 0 radical (unpaired) electrons. The number of rotatable bonds is 0. The van der Waals surface area contributed by atoms with Crippen LogP contribution in [0.1, 0.15) is 13.8 Å². The highest BCUT2D eigenvalue weighted by Gasteiger charge is 2.02. The summed E-state index contributed by atoms with van der Waals surface area (Å²) in [4.78, 5) is 0. The molecule has 1 N–H and O–H groups in total. The second-order valence-electron chi connectivity index (χ2n) is 2.38. The maximum Gasteiger partial charge on any atom is 0.0659 e. The summed E-state index contributed by atoms with van der Waals surface area (Å²) in [6.45, 7) is 4.70. The Hall–Kier alpha value is -0.760. The van der Waals surface area contributed by atoms with Crippen molar-refractivity contribution in [3.63, 3.8) is 0 Å². The van der Waals surface area contributed by atoms with Crippen molar-refractivity contribution < 1.29 is 5.21 Å². The average molecular weight is 125 g/mol. The Labute approximate surface area is 55.1 Å². The summed E-state index contributed by atoms with van der Waals surface area (Å²) in [7, 11) is 0. The minimum absolute atomic E-state index is 0.641. The van der Waals surface area contributed by atoms with Gasteiger partial charge in [0.15, 0.2) is 0 Å². The molecule has 0 aromatic carbocycles. The molecule has 0 bridgehead atoms. The van der Waals surface area contributed by atoms with Gasteiger partial charge < -0.3 is 0 Å². The van der Waals surface area contributed by atoms with Crippen molar-refractivity contribution in [2.45, 2.75) is 13.8 Å². The topological polar surface area (TPSA) is 23.5 Å². The molecule has 0 aliphatic carbocycles. The number of nitrogens with zero attached hydrogens (tertiary/aromatic N) is 1. The van der Waals surface area contributed by atoms with Crippen LogP contribution in [-0.2, 0) is 0 Å². The Kier molecular flexibility index (Phi) is 1.58. The van der Waals surface area contributed by atoms with E-state index in [1.165, 1.54) is 16.2 Å². The van der Waals surface area contributed by atoms with Gasteiger partial charge in [-0.1, -0.05) is 0 Å². The summed E-state index contributed by atoms with van der Waals surface area (Å²) in [5.41, 5.74) is 2.47. The normalized spacial score (nSPS) is 19.2. The fourth-order valence-electron chi connectivity index (χ4n) is 0.761. The molecule has 1 heterocycles. The highest BCUT2D eigenvalue weighted by atomic mass is 16.5. The van der Waals surface area contributed by atoms with Crippen molar-refractivity contribution in [1.82, 2.24) is 5.06 Å². The molecular formula is C7H11NO. The first-order valence-corrected chi connectivity index (χ1v) is 3.00. The van der Waals surface area contributed by atoms with E-state index in [0.717, 1.165) is 0 Å². The first-order valence-electron chi connectivity index (χ1n) is 3.00. The van der Waals surface area contributed by atoms with Crippen LogP contribution in [0.4, 0.5) is 0 Å². The second kappa shape index (κ2) is 2.23. The average Bonchev–Trinajstić information content (AvgIpc) is 1.80. The molecule has 9 heavy (non-hydrogen) atoms. The lowest BCUT2D eigenvalue weighted by molar-refractivity contribution is -0.0331. The summed E-state index contributed by atoms with van der Waals surface area (Å²) in [5.74, 6) is 0. The lowest BCUT2D eigenvalue weighted by Gasteiger charge is -2.17. The fourth-order valence-corrected chi connectivity index (χ4v) is 0.761. The predicted octanol–water partition coefficient (Wildman–Crippen LogP) is 1.54. The molecule has 0 unspecified atom stereocenters. The molecule has 2 nitrogen and oxygen atoms in total. The highest BCUT2D eigenvalue weighted by molar-refractivity contribution is 5.25. The number of allylic oxidation sites excluding steroid dienone is 2. The number of hydroxylamine groups is 2. The zero-order valence-electron chi connectivity index (χ0n) is 5.76. The van der Waals surface area contributed by atoms with Gasteiger partial charge in [-0.2, -0.15) is 0 Å². The molecule has 0 spiro atoms. The van der Waals surface area contributed by atoms with Gasteiger partial charge in [-0.05, 0) is 31.1 Å². The number of hydrogen-bond acceptors (Lipinski definition) is 2. The van der Waals surface area contributed by atoms with Crippen molar-refractivity contribution >= 4 is 0 Å². The van der Waals surface area contributed by atoms with Crippen LogP contribution in [0.25, 0.3) is 0 Å². The minimum Gasteiger partial charge on any atom is -0.289 e. The quantitative estimate of drug-likeness (QED) is 0.531. The van der Waals surface area contributed by atoms with Crippen molar-refractivity contribution in [3.8, 4) is 0 Å². The Balaban J connectivity index is 2.75. The van der Waals surface area contributed by atoms with Gasteiger partial charge in [0.1, 0.15) is 0 Å². The van der Waals surface area contributed by atoms with E-state index < -0.39 is 0 Å². The first-order chi connectivity index (χ1) is 4.20. The van der Waals surface area contributed by atoms with E-state index in [-0.39, 0.29) is 0 Å². The van der Waals surface area contributed by atoms with E-state index in [4.69, 9.17) is 5.21 Å². The monoisotopic (exact) mass is 125 g/mol. The molecule has 0 saturated heterocycles. The van der Waals surface area contributed by atoms with Gasteiger partial charge in [0.2, 0.25) is 0 Å². The lowest BCUT2D eigenvalue weighted by Crippen LogP contribution is -2.17. The smallest absolute Gasteiger partial charge is 0.0659 e. The molecule has 0 saturated carbocycles. The third-order valence-electron chi connectivity index (χ3n) is 1.57. The van der Waals surface area contributed by atoms with Crippen LogP contribution in [0.2, 0.25) is 0 Å². The SMILES string of the molecule is CC1=C(C)CN(O)C=C1. The lowest BCUT2D eigenvalue weighted by atomic mass is 10.1. The van der Waals surface area contributed by atoms with E-state index in [1.807, 2.05) is 19.9 Å². The molecule has 0 fully saturated rings. The Morgan fingerprint density at radius 2 is 2.22 bits per heavy atom. The van der Waals surface area contributed by atoms with Crippen LogP contribution in [0.3, 0.4) is 0 Å². The minimum atomic E-state index is 0.641. The molecule has 1 aliphatic heterocycles.